The van der Waals surface area contributed by atoms with E-state index in [-0.39, 0.29) is 0 Å². The first-order chi connectivity index (χ1) is 15.2. The highest BCUT2D eigenvalue weighted by molar-refractivity contribution is 6.29. The van der Waals surface area contributed by atoms with Gasteiger partial charge < -0.3 is 4.57 Å². The van der Waals surface area contributed by atoms with Gasteiger partial charge in [-0.3, -0.25) is 0 Å². The molecule has 0 aliphatic heterocycles. The standard InChI is InChI=1S/C23H20ClN7/c1-2-5-21-26-23-19(12-13-20(24)25-23)31(21)14-15-8-10-16(11-9-15)17-6-3-4-7-18(17)22-27-29-30-28-22/h3-4,6-13H,2,5,14H2,1H3,(H,27,28,29,30). The molecule has 0 aliphatic carbocycles. The van der Waals surface area contributed by atoms with Crippen LogP contribution in [0.5, 0.6) is 0 Å². The minimum Gasteiger partial charge on any atom is -0.322 e. The predicted octanol–water partition coefficient (Wildman–Crippen LogP) is 4.93. The van der Waals surface area contributed by atoms with Gasteiger partial charge in [0.2, 0.25) is 0 Å². The van der Waals surface area contributed by atoms with Crippen molar-refractivity contribution in [1.82, 2.24) is 35.2 Å². The van der Waals surface area contributed by atoms with E-state index in [4.69, 9.17) is 16.6 Å². The maximum absolute atomic E-state index is 6.07. The third-order valence-corrected chi connectivity index (χ3v) is 5.48. The minimum absolute atomic E-state index is 0.463. The van der Waals surface area contributed by atoms with Crippen molar-refractivity contribution in [3.8, 4) is 22.5 Å². The lowest BCUT2D eigenvalue weighted by Crippen LogP contribution is -2.05. The summed E-state index contributed by atoms with van der Waals surface area (Å²) in [5.41, 5.74) is 6.03. The number of aromatic nitrogens is 7. The van der Waals surface area contributed by atoms with Crippen LogP contribution in [-0.2, 0) is 13.0 Å². The summed E-state index contributed by atoms with van der Waals surface area (Å²) in [6.07, 6.45) is 1.91. The van der Waals surface area contributed by atoms with Crippen molar-refractivity contribution < 1.29 is 0 Å². The number of halogens is 1. The number of pyridine rings is 1. The maximum Gasteiger partial charge on any atom is 0.180 e. The number of benzene rings is 2. The molecule has 0 amide bonds. The molecule has 5 rings (SSSR count). The summed E-state index contributed by atoms with van der Waals surface area (Å²) >= 11 is 6.07. The highest BCUT2D eigenvalue weighted by Crippen LogP contribution is 2.30. The van der Waals surface area contributed by atoms with Crippen LogP contribution in [0.1, 0.15) is 24.7 Å². The fraction of sp³-hybridized carbons (Fsp3) is 0.174. The second-order valence-corrected chi connectivity index (χ2v) is 7.72. The molecule has 0 fully saturated rings. The van der Waals surface area contributed by atoms with E-state index in [1.54, 1.807) is 0 Å². The average molecular weight is 430 g/mol. The van der Waals surface area contributed by atoms with Crippen molar-refractivity contribution in [2.24, 2.45) is 0 Å². The number of H-pyrrole nitrogens is 1. The zero-order valence-electron chi connectivity index (χ0n) is 17.0. The molecule has 3 heterocycles. The zero-order valence-corrected chi connectivity index (χ0v) is 17.7. The molecule has 0 atom stereocenters. The van der Waals surface area contributed by atoms with E-state index >= 15 is 0 Å². The number of tetrazole rings is 1. The second kappa shape index (κ2) is 8.28. The largest absolute Gasteiger partial charge is 0.322 e. The van der Waals surface area contributed by atoms with Crippen molar-refractivity contribution in [2.75, 3.05) is 0 Å². The van der Waals surface area contributed by atoms with Gasteiger partial charge in [-0.15, -0.1) is 5.10 Å². The third kappa shape index (κ3) is 3.80. The Balaban J connectivity index is 1.48. The first kappa shape index (κ1) is 19.4. The normalized spacial score (nSPS) is 11.3. The molecule has 0 aliphatic rings. The van der Waals surface area contributed by atoms with E-state index in [9.17, 15) is 0 Å². The summed E-state index contributed by atoms with van der Waals surface area (Å²) < 4.78 is 2.23. The molecule has 2 aromatic carbocycles. The van der Waals surface area contributed by atoms with Gasteiger partial charge in [0, 0.05) is 18.5 Å². The Bertz CT molecular complexity index is 1320. The average Bonchev–Trinajstić information content (AvgIpc) is 3.43. The quantitative estimate of drug-likeness (QED) is 0.387. The van der Waals surface area contributed by atoms with E-state index < -0.39 is 0 Å². The molecule has 3 aromatic heterocycles. The Hall–Kier alpha value is -3.58. The molecule has 0 unspecified atom stereocenters. The number of aryl methyl sites for hydroxylation is 1. The molecular weight excluding hydrogens is 410 g/mol. The molecule has 0 spiro atoms. The third-order valence-electron chi connectivity index (χ3n) is 5.26. The van der Waals surface area contributed by atoms with Gasteiger partial charge in [-0.25, -0.2) is 15.1 Å². The summed E-state index contributed by atoms with van der Waals surface area (Å²) in [6.45, 7) is 2.88. The summed E-state index contributed by atoms with van der Waals surface area (Å²) in [7, 11) is 0. The number of imidazole rings is 1. The van der Waals surface area contributed by atoms with Crippen LogP contribution in [0.2, 0.25) is 5.15 Å². The van der Waals surface area contributed by atoms with Gasteiger partial charge in [0.1, 0.15) is 11.0 Å². The van der Waals surface area contributed by atoms with Gasteiger partial charge in [-0.05, 0) is 45.7 Å². The van der Waals surface area contributed by atoms with E-state index in [0.717, 1.165) is 47.4 Å². The number of fused-ring (bicyclic) bond motifs is 1. The van der Waals surface area contributed by atoms with E-state index in [1.165, 1.54) is 5.56 Å². The van der Waals surface area contributed by atoms with Gasteiger partial charge in [0.05, 0.1) is 5.52 Å². The molecule has 0 bridgehead atoms. The maximum atomic E-state index is 6.07. The molecule has 7 nitrogen and oxygen atoms in total. The highest BCUT2D eigenvalue weighted by atomic mass is 35.5. The summed E-state index contributed by atoms with van der Waals surface area (Å²) in [5.74, 6) is 1.68. The van der Waals surface area contributed by atoms with Crippen molar-refractivity contribution in [3.05, 3.63) is 77.2 Å². The van der Waals surface area contributed by atoms with E-state index in [2.05, 4.69) is 67.4 Å². The number of aromatic amines is 1. The Morgan fingerprint density at radius 3 is 2.48 bits per heavy atom. The molecular formula is C23H20ClN7. The van der Waals surface area contributed by atoms with Gasteiger partial charge >= 0.3 is 0 Å². The van der Waals surface area contributed by atoms with Gasteiger partial charge in [0.15, 0.2) is 11.5 Å². The predicted molar refractivity (Wildman–Crippen MR) is 121 cm³/mol. The SMILES string of the molecule is CCCc1nc2nc(Cl)ccc2n1Cc1ccc(-c2ccccc2-c2nnn[nH]2)cc1. The zero-order chi connectivity index (χ0) is 21.2. The smallest absolute Gasteiger partial charge is 0.180 e. The van der Waals surface area contributed by atoms with Crippen LogP contribution in [0.15, 0.2) is 60.7 Å². The summed E-state index contributed by atoms with van der Waals surface area (Å²) in [5, 5.41) is 14.8. The van der Waals surface area contributed by atoms with Crippen molar-refractivity contribution in [2.45, 2.75) is 26.3 Å². The Morgan fingerprint density at radius 2 is 1.74 bits per heavy atom. The molecule has 31 heavy (non-hydrogen) atoms. The fourth-order valence-corrected chi connectivity index (χ4v) is 3.95. The van der Waals surface area contributed by atoms with Gasteiger partial charge in [-0.1, -0.05) is 67.1 Å². The van der Waals surface area contributed by atoms with Crippen molar-refractivity contribution >= 4 is 22.8 Å². The first-order valence-electron chi connectivity index (χ1n) is 10.2. The Morgan fingerprint density at radius 1 is 0.935 bits per heavy atom. The van der Waals surface area contributed by atoms with E-state index in [0.29, 0.717) is 16.6 Å². The van der Waals surface area contributed by atoms with E-state index in [1.807, 2.05) is 30.3 Å². The second-order valence-electron chi connectivity index (χ2n) is 7.33. The number of hydrogen-bond acceptors (Lipinski definition) is 5. The Kier molecular flexibility index (Phi) is 5.18. The minimum atomic E-state index is 0.463. The molecule has 0 saturated carbocycles. The van der Waals surface area contributed by atoms with Crippen LogP contribution in [0, 0.1) is 0 Å². The Labute approximate surface area is 184 Å². The topological polar surface area (TPSA) is 85.2 Å². The summed E-state index contributed by atoms with van der Waals surface area (Å²) in [6, 6.07) is 20.5. The van der Waals surface area contributed by atoms with Crippen LogP contribution in [-0.4, -0.2) is 35.2 Å². The van der Waals surface area contributed by atoms with Gasteiger partial charge in [-0.2, -0.15) is 0 Å². The monoisotopic (exact) mass is 429 g/mol. The lowest BCUT2D eigenvalue weighted by atomic mass is 9.98. The van der Waals surface area contributed by atoms with Crippen LogP contribution in [0.3, 0.4) is 0 Å². The number of nitrogens with one attached hydrogen (secondary N) is 1. The van der Waals surface area contributed by atoms with Crippen molar-refractivity contribution in [1.29, 1.82) is 0 Å². The summed E-state index contributed by atoms with van der Waals surface area (Å²) in [4.78, 5) is 9.09. The number of hydrogen-bond donors (Lipinski definition) is 1. The van der Waals surface area contributed by atoms with Crippen LogP contribution < -0.4 is 0 Å². The highest BCUT2D eigenvalue weighted by Gasteiger charge is 2.13. The van der Waals surface area contributed by atoms with Crippen LogP contribution >= 0.6 is 11.6 Å². The molecule has 154 valence electrons. The first-order valence-corrected chi connectivity index (χ1v) is 10.5. The van der Waals surface area contributed by atoms with Crippen molar-refractivity contribution in [3.63, 3.8) is 0 Å². The van der Waals surface area contributed by atoms with Crippen LogP contribution in [0.4, 0.5) is 0 Å². The molecule has 0 radical (unpaired) electrons. The molecule has 5 aromatic rings. The molecule has 1 N–H and O–H groups in total. The number of rotatable bonds is 6. The number of nitrogens with zero attached hydrogens (tertiary/aromatic N) is 6. The van der Waals surface area contributed by atoms with Crippen LogP contribution in [0.25, 0.3) is 33.7 Å². The lowest BCUT2D eigenvalue weighted by molar-refractivity contribution is 0.722. The fourth-order valence-electron chi connectivity index (χ4n) is 3.81. The van der Waals surface area contributed by atoms with Gasteiger partial charge in [0.25, 0.3) is 0 Å². The molecule has 0 saturated heterocycles. The lowest BCUT2D eigenvalue weighted by Gasteiger charge is -2.11. The molecule has 8 heteroatoms.